The van der Waals surface area contributed by atoms with Crippen LogP contribution >= 0.6 is 0 Å². The van der Waals surface area contributed by atoms with Crippen molar-refractivity contribution in [2.75, 3.05) is 44.2 Å². The summed E-state index contributed by atoms with van der Waals surface area (Å²) in [6.07, 6.45) is -0.428. The number of aryl methyl sites for hydroxylation is 1. The maximum absolute atomic E-state index is 10.5. The first-order valence-corrected chi connectivity index (χ1v) is 9.11. The van der Waals surface area contributed by atoms with Gasteiger partial charge < -0.3 is 14.7 Å². The number of piperazine rings is 1. The predicted octanol–water partition coefficient (Wildman–Crippen LogP) is 3.25. The normalized spacial score (nSPS) is 16.7. The number of ether oxygens (including phenoxy) is 1. The van der Waals surface area contributed by atoms with Crippen molar-refractivity contribution in [1.82, 2.24) is 4.90 Å². The molecular formula is C21H28N2O2. The van der Waals surface area contributed by atoms with Crippen molar-refractivity contribution in [2.24, 2.45) is 0 Å². The summed E-state index contributed by atoms with van der Waals surface area (Å²) in [4.78, 5) is 4.71. The van der Waals surface area contributed by atoms with Gasteiger partial charge in [-0.15, -0.1) is 0 Å². The van der Waals surface area contributed by atoms with Gasteiger partial charge in [0.15, 0.2) is 0 Å². The van der Waals surface area contributed by atoms with Crippen molar-refractivity contribution in [3.05, 3.63) is 59.7 Å². The van der Waals surface area contributed by atoms with E-state index in [9.17, 15) is 5.11 Å². The van der Waals surface area contributed by atoms with E-state index in [0.717, 1.165) is 37.5 Å². The third-order valence-corrected chi connectivity index (χ3v) is 4.77. The lowest BCUT2D eigenvalue weighted by atomic mass is 10.1. The minimum Gasteiger partial charge on any atom is -0.492 e. The zero-order valence-corrected chi connectivity index (χ0v) is 15.2. The fourth-order valence-corrected chi connectivity index (χ4v) is 3.31. The van der Waals surface area contributed by atoms with Gasteiger partial charge >= 0.3 is 0 Å². The highest BCUT2D eigenvalue weighted by molar-refractivity contribution is 5.58. The van der Waals surface area contributed by atoms with Crippen LogP contribution in [-0.4, -0.2) is 49.3 Å². The molecule has 0 radical (unpaired) electrons. The maximum atomic E-state index is 10.5. The van der Waals surface area contributed by atoms with E-state index in [1.54, 1.807) is 0 Å². The average Bonchev–Trinajstić information content (AvgIpc) is 2.64. The number of hydrogen-bond donors (Lipinski definition) is 1. The molecule has 0 spiro atoms. The maximum Gasteiger partial charge on any atom is 0.142 e. The van der Waals surface area contributed by atoms with Gasteiger partial charge in [0.25, 0.3) is 0 Å². The van der Waals surface area contributed by atoms with Gasteiger partial charge in [-0.1, -0.05) is 42.0 Å². The quantitative estimate of drug-likeness (QED) is 0.876. The molecule has 1 aliphatic heterocycles. The summed E-state index contributed by atoms with van der Waals surface area (Å²) >= 11 is 0. The van der Waals surface area contributed by atoms with E-state index in [-0.39, 0.29) is 0 Å². The topological polar surface area (TPSA) is 35.9 Å². The highest BCUT2D eigenvalue weighted by Gasteiger charge is 2.21. The third-order valence-electron chi connectivity index (χ3n) is 4.77. The molecule has 134 valence electrons. The first-order chi connectivity index (χ1) is 12.2. The van der Waals surface area contributed by atoms with Gasteiger partial charge in [-0.3, -0.25) is 4.90 Å². The fraction of sp³-hybridized carbons (Fsp3) is 0.429. The Morgan fingerprint density at radius 2 is 1.68 bits per heavy atom. The van der Waals surface area contributed by atoms with Gasteiger partial charge in [-0.2, -0.15) is 0 Å². The van der Waals surface area contributed by atoms with Gasteiger partial charge in [0.2, 0.25) is 0 Å². The number of rotatable bonds is 6. The smallest absolute Gasteiger partial charge is 0.142 e. The Kier molecular flexibility index (Phi) is 5.95. The van der Waals surface area contributed by atoms with Crippen LogP contribution in [-0.2, 0) is 0 Å². The molecule has 2 aromatic carbocycles. The molecule has 1 aliphatic rings. The Bertz CT molecular complexity index is 664. The van der Waals surface area contributed by atoms with E-state index >= 15 is 0 Å². The summed E-state index contributed by atoms with van der Waals surface area (Å²) in [7, 11) is 0. The molecule has 4 heteroatoms. The molecule has 0 amide bonds. The Balaban J connectivity index is 1.56. The Labute approximate surface area is 150 Å². The summed E-state index contributed by atoms with van der Waals surface area (Å²) in [6.45, 7) is 9.24. The van der Waals surface area contributed by atoms with Crippen LogP contribution in [0, 0.1) is 6.92 Å². The average molecular weight is 340 g/mol. The fourth-order valence-electron chi connectivity index (χ4n) is 3.31. The van der Waals surface area contributed by atoms with Crippen molar-refractivity contribution in [3.63, 3.8) is 0 Å². The minimum absolute atomic E-state index is 0.428. The molecule has 1 atom stereocenters. The number of hydrogen-bond acceptors (Lipinski definition) is 4. The lowest BCUT2D eigenvalue weighted by molar-refractivity contribution is 0.109. The second-order valence-corrected chi connectivity index (χ2v) is 6.61. The molecule has 0 bridgehead atoms. The molecule has 0 aliphatic carbocycles. The number of aliphatic hydroxyl groups excluding tert-OH is 1. The van der Waals surface area contributed by atoms with E-state index in [1.165, 1.54) is 11.3 Å². The van der Waals surface area contributed by atoms with E-state index in [2.05, 4.69) is 41.0 Å². The zero-order valence-electron chi connectivity index (χ0n) is 15.2. The summed E-state index contributed by atoms with van der Waals surface area (Å²) in [5.74, 6) is 0.957. The van der Waals surface area contributed by atoms with E-state index in [0.29, 0.717) is 13.2 Å². The van der Waals surface area contributed by atoms with Gasteiger partial charge in [-0.25, -0.2) is 0 Å². The largest absolute Gasteiger partial charge is 0.492 e. The Morgan fingerprint density at radius 1 is 1.00 bits per heavy atom. The number of aliphatic hydroxyl groups is 1. The molecular weight excluding hydrogens is 312 g/mol. The summed E-state index contributed by atoms with van der Waals surface area (Å²) in [5, 5.41) is 10.5. The molecule has 3 rings (SSSR count). The van der Waals surface area contributed by atoms with Crippen LogP contribution in [0.3, 0.4) is 0 Å². The standard InChI is InChI=1S/C21H28N2O2/c1-3-25-21-7-5-4-6-19(21)23-14-12-22(13-15-23)16-20(24)18-10-8-17(2)9-11-18/h4-11,20,24H,3,12-16H2,1-2H3/t20-/m0/s1. The van der Waals surface area contributed by atoms with Gasteiger partial charge in [0.05, 0.1) is 18.4 Å². The highest BCUT2D eigenvalue weighted by atomic mass is 16.5. The van der Waals surface area contributed by atoms with Crippen molar-refractivity contribution in [1.29, 1.82) is 0 Å². The molecule has 1 fully saturated rings. The van der Waals surface area contributed by atoms with E-state index in [1.807, 2.05) is 31.2 Å². The molecule has 1 saturated heterocycles. The Hall–Kier alpha value is -2.04. The van der Waals surface area contributed by atoms with Crippen LogP contribution < -0.4 is 9.64 Å². The van der Waals surface area contributed by atoms with Gasteiger partial charge in [-0.05, 0) is 31.5 Å². The summed E-state index contributed by atoms with van der Waals surface area (Å²) in [5.41, 5.74) is 3.38. The van der Waals surface area contributed by atoms with Crippen molar-refractivity contribution in [3.8, 4) is 5.75 Å². The number of benzene rings is 2. The van der Waals surface area contributed by atoms with Crippen molar-refractivity contribution in [2.45, 2.75) is 20.0 Å². The highest BCUT2D eigenvalue weighted by Crippen LogP contribution is 2.29. The molecule has 0 unspecified atom stereocenters. The molecule has 1 heterocycles. The third kappa shape index (κ3) is 4.53. The van der Waals surface area contributed by atoms with Crippen molar-refractivity contribution < 1.29 is 9.84 Å². The number of anilines is 1. The van der Waals surface area contributed by atoms with Crippen LogP contribution in [0.1, 0.15) is 24.2 Å². The summed E-state index contributed by atoms with van der Waals surface area (Å²) in [6, 6.07) is 16.4. The minimum atomic E-state index is -0.428. The molecule has 0 aromatic heterocycles. The number of nitrogens with zero attached hydrogens (tertiary/aromatic N) is 2. The van der Waals surface area contributed by atoms with Crippen LogP contribution in [0.15, 0.2) is 48.5 Å². The monoisotopic (exact) mass is 340 g/mol. The first-order valence-electron chi connectivity index (χ1n) is 9.11. The SMILES string of the molecule is CCOc1ccccc1N1CCN(C[C@H](O)c2ccc(C)cc2)CC1. The second kappa shape index (κ2) is 8.37. The lowest BCUT2D eigenvalue weighted by Gasteiger charge is -2.37. The molecule has 4 nitrogen and oxygen atoms in total. The first kappa shape index (κ1) is 17.8. The molecule has 25 heavy (non-hydrogen) atoms. The van der Waals surface area contributed by atoms with Crippen LogP contribution in [0.2, 0.25) is 0 Å². The van der Waals surface area contributed by atoms with Crippen LogP contribution in [0.5, 0.6) is 5.75 Å². The van der Waals surface area contributed by atoms with Crippen molar-refractivity contribution >= 4 is 5.69 Å². The lowest BCUT2D eigenvalue weighted by Crippen LogP contribution is -2.47. The Morgan fingerprint density at radius 3 is 2.36 bits per heavy atom. The molecule has 1 N–H and O–H groups in total. The van der Waals surface area contributed by atoms with E-state index < -0.39 is 6.10 Å². The van der Waals surface area contributed by atoms with Crippen LogP contribution in [0.4, 0.5) is 5.69 Å². The predicted molar refractivity (Wildman–Crippen MR) is 102 cm³/mol. The zero-order chi connectivity index (χ0) is 17.6. The number of para-hydroxylation sites is 2. The molecule has 0 saturated carbocycles. The molecule has 2 aromatic rings. The van der Waals surface area contributed by atoms with Gasteiger partial charge in [0.1, 0.15) is 5.75 Å². The van der Waals surface area contributed by atoms with Gasteiger partial charge in [0, 0.05) is 32.7 Å². The summed E-state index contributed by atoms with van der Waals surface area (Å²) < 4.78 is 5.75. The van der Waals surface area contributed by atoms with Crippen LogP contribution in [0.25, 0.3) is 0 Å². The number of β-amino-alcohol motifs (C(OH)–C–C–N with tert-alkyl or cyclic N) is 1. The van der Waals surface area contributed by atoms with E-state index in [4.69, 9.17) is 4.74 Å². The second-order valence-electron chi connectivity index (χ2n) is 6.61.